The summed E-state index contributed by atoms with van der Waals surface area (Å²) >= 11 is 0. The molecule has 0 saturated carbocycles. The van der Waals surface area contributed by atoms with Crippen LogP contribution in [0.25, 0.3) is 0 Å². The van der Waals surface area contributed by atoms with Crippen molar-refractivity contribution in [2.75, 3.05) is 38.7 Å². The molecule has 1 aromatic carbocycles. The van der Waals surface area contributed by atoms with E-state index in [9.17, 15) is 14.4 Å². The minimum absolute atomic E-state index is 0.0805. The Morgan fingerprint density at radius 1 is 1.10 bits per heavy atom. The van der Waals surface area contributed by atoms with Gasteiger partial charge in [-0.25, -0.2) is 0 Å². The molecule has 7 heteroatoms. The first-order valence-electron chi connectivity index (χ1n) is 10.4. The number of aryl methyl sites for hydroxylation is 1. The molecule has 0 spiro atoms. The highest BCUT2D eigenvalue weighted by molar-refractivity contribution is 5.95. The van der Waals surface area contributed by atoms with Crippen molar-refractivity contribution in [3.63, 3.8) is 0 Å². The van der Waals surface area contributed by atoms with Crippen molar-refractivity contribution in [3.8, 4) is 0 Å². The van der Waals surface area contributed by atoms with Gasteiger partial charge < -0.3 is 20.3 Å². The fourth-order valence-corrected chi connectivity index (χ4v) is 3.29. The number of nitrogens with one attached hydrogen (secondary N) is 2. The molecule has 1 rings (SSSR count). The van der Waals surface area contributed by atoms with E-state index in [1.54, 1.807) is 19.2 Å². The molecule has 0 aliphatic rings. The summed E-state index contributed by atoms with van der Waals surface area (Å²) < 4.78 is 5.07. The maximum Gasteiger partial charge on any atom is 0.243 e. The number of methoxy groups -OCH3 is 1. The van der Waals surface area contributed by atoms with Crippen LogP contribution < -0.4 is 10.6 Å². The monoisotopic (exact) mass is 419 g/mol. The average molecular weight is 420 g/mol. The Hall–Kier alpha value is -2.41. The topological polar surface area (TPSA) is 87.7 Å². The first-order chi connectivity index (χ1) is 14.0. The van der Waals surface area contributed by atoms with Crippen LogP contribution in [0, 0.1) is 18.3 Å². The van der Waals surface area contributed by atoms with E-state index < -0.39 is 0 Å². The van der Waals surface area contributed by atoms with Crippen LogP contribution in [0.5, 0.6) is 0 Å². The van der Waals surface area contributed by atoms with Crippen molar-refractivity contribution in [2.45, 2.75) is 47.5 Å². The largest absolute Gasteiger partial charge is 0.383 e. The number of carbonyl (C=O) groups excluding carboxylic acids is 3. The van der Waals surface area contributed by atoms with Crippen LogP contribution >= 0.6 is 0 Å². The number of hydrogen-bond donors (Lipinski definition) is 2. The van der Waals surface area contributed by atoms with Gasteiger partial charge >= 0.3 is 0 Å². The molecule has 0 radical (unpaired) electrons. The molecule has 168 valence electrons. The van der Waals surface area contributed by atoms with Gasteiger partial charge in [-0.1, -0.05) is 45.4 Å². The highest BCUT2D eigenvalue weighted by Crippen LogP contribution is 2.26. The second kappa shape index (κ2) is 12.3. The summed E-state index contributed by atoms with van der Waals surface area (Å²) in [7, 11) is 1.56. The Morgan fingerprint density at radius 2 is 1.73 bits per heavy atom. The average Bonchev–Trinajstić information content (AvgIpc) is 2.63. The Morgan fingerprint density at radius 3 is 2.30 bits per heavy atom. The van der Waals surface area contributed by atoms with E-state index in [1.165, 1.54) is 4.90 Å². The van der Waals surface area contributed by atoms with Crippen LogP contribution in [-0.4, -0.2) is 56.0 Å². The minimum Gasteiger partial charge on any atom is -0.383 e. The number of hydrogen-bond acceptors (Lipinski definition) is 4. The van der Waals surface area contributed by atoms with Gasteiger partial charge in [-0.3, -0.25) is 14.4 Å². The lowest BCUT2D eigenvalue weighted by Gasteiger charge is -2.26. The summed E-state index contributed by atoms with van der Waals surface area (Å²) in [6, 6.07) is 7.40. The number of amides is 3. The molecule has 0 fully saturated rings. The number of benzene rings is 1. The quantitative estimate of drug-likeness (QED) is 0.577. The van der Waals surface area contributed by atoms with E-state index in [4.69, 9.17) is 4.74 Å². The summed E-state index contributed by atoms with van der Waals surface area (Å²) in [5.41, 5.74) is 1.91. The molecular weight excluding hydrogens is 382 g/mol. The van der Waals surface area contributed by atoms with Crippen LogP contribution in [0.4, 0.5) is 5.69 Å². The van der Waals surface area contributed by atoms with E-state index in [-0.39, 0.29) is 42.1 Å². The number of ether oxygens (including phenoxy) is 1. The normalized spacial score (nSPS) is 12.2. The van der Waals surface area contributed by atoms with Crippen LogP contribution in [0.1, 0.15) is 46.1 Å². The summed E-state index contributed by atoms with van der Waals surface area (Å²) in [6.45, 7) is 10.9. The third kappa shape index (κ3) is 11.0. The lowest BCUT2D eigenvalue weighted by Crippen LogP contribution is -2.44. The van der Waals surface area contributed by atoms with E-state index in [1.807, 2.05) is 26.0 Å². The standard InChI is InChI=1S/C23H37N3O4/c1-17-7-9-19(10-8-17)25-20(27)15-24-21(28)16-26(11-12-30-6)22(29)13-18(2)14-23(3,4)5/h7-10,18H,11-16H2,1-6H3,(H,24,28)(H,25,27). The highest BCUT2D eigenvalue weighted by Gasteiger charge is 2.22. The van der Waals surface area contributed by atoms with Gasteiger partial charge in [-0.15, -0.1) is 0 Å². The number of nitrogens with zero attached hydrogens (tertiary/aromatic N) is 1. The van der Waals surface area contributed by atoms with Crippen molar-refractivity contribution < 1.29 is 19.1 Å². The van der Waals surface area contributed by atoms with Gasteiger partial charge in [0.1, 0.15) is 0 Å². The van der Waals surface area contributed by atoms with Crippen LogP contribution in [0.2, 0.25) is 0 Å². The fraction of sp³-hybridized carbons (Fsp3) is 0.609. The predicted octanol–water partition coefficient (Wildman–Crippen LogP) is 2.99. The van der Waals surface area contributed by atoms with E-state index in [0.717, 1.165) is 12.0 Å². The molecule has 2 N–H and O–H groups in total. The third-order valence-electron chi connectivity index (χ3n) is 4.52. The second-order valence-corrected chi connectivity index (χ2v) is 9.07. The number of anilines is 1. The molecule has 0 aromatic heterocycles. The molecule has 3 amide bonds. The SMILES string of the molecule is COCCN(CC(=O)NCC(=O)Nc1ccc(C)cc1)C(=O)CC(C)CC(C)(C)C. The van der Waals surface area contributed by atoms with Crippen LogP contribution in [-0.2, 0) is 19.1 Å². The van der Waals surface area contributed by atoms with Crippen molar-refractivity contribution in [2.24, 2.45) is 11.3 Å². The van der Waals surface area contributed by atoms with Crippen molar-refractivity contribution in [1.29, 1.82) is 0 Å². The van der Waals surface area contributed by atoms with Crippen molar-refractivity contribution in [3.05, 3.63) is 29.8 Å². The van der Waals surface area contributed by atoms with Gasteiger partial charge in [-0.2, -0.15) is 0 Å². The zero-order valence-electron chi connectivity index (χ0n) is 19.2. The second-order valence-electron chi connectivity index (χ2n) is 9.07. The van der Waals surface area contributed by atoms with Gasteiger partial charge in [-0.05, 0) is 36.8 Å². The van der Waals surface area contributed by atoms with Crippen LogP contribution in [0.3, 0.4) is 0 Å². The predicted molar refractivity (Wildman–Crippen MR) is 119 cm³/mol. The first kappa shape index (κ1) is 25.6. The minimum atomic E-state index is -0.373. The lowest BCUT2D eigenvalue weighted by molar-refractivity contribution is -0.137. The van der Waals surface area contributed by atoms with Crippen molar-refractivity contribution in [1.82, 2.24) is 10.2 Å². The number of carbonyl (C=O) groups is 3. The smallest absolute Gasteiger partial charge is 0.243 e. The fourth-order valence-electron chi connectivity index (χ4n) is 3.29. The first-order valence-corrected chi connectivity index (χ1v) is 10.4. The van der Waals surface area contributed by atoms with Crippen LogP contribution in [0.15, 0.2) is 24.3 Å². The summed E-state index contributed by atoms with van der Waals surface area (Å²) in [5, 5.41) is 5.31. The van der Waals surface area contributed by atoms with Gasteiger partial charge in [0.25, 0.3) is 0 Å². The molecule has 1 unspecified atom stereocenters. The molecule has 30 heavy (non-hydrogen) atoms. The van der Waals surface area contributed by atoms with E-state index in [2.05, 4.69) is 31.4 Å². The summed E-state index contributed by atoms with van der Waals surface area (Å²) in [5.74, 6) is -0.559. The molecular formula is C23H37N3O4. The van der Waals surface area contributed by atoms with E-state index in [0.29, 0.717) is 25.3 Å². The molecule has 7 nitrogen and oxygen atoms in total. The molecule has 0 heterocycles. The molecule has 0 aliphatic heterocycles. The van der Waals surface area contributed by atoms with E-state index >= 15 is 0 Å². The Bertz CT molecular complexity index is 695. The zero-order chi connectivity index (χ0) is 22.7. The lowest BCUT2D eigenvalue weighted by atomic mass is 9.84. The van der Waals surface area contributed by atoms with Gasteiger partial charge in [0, 0.05) is 25.8 Å². The summed E-state index contributed by atoms with van der Waals surface area (Å²) in [4.78, 5) is 38.6. The Labute approximate surface area is 180 Å². The Kier molecular flexibility index (Phi) is 10.5. The molecule has 0 saturated heterocycles. The van der Waals surface area contributed by atoms with Crippen molar-refractivity contribution >= 4 is 23.4 Å². The zero-order valence-corrected chi connectivity index (χ0v) is 19.2. The number of rotatable bonds is 11. The van der Waals surface area contributed by atoms with Gasteiger partial charge in [0.2, 0.25) is 17.7 Å². The van der Waals surface area contributed by atoms with Gasteiger partial charge in [0.15, 0.2) is 0 Å². The molecule has 0 aliphatic carbocycles. The molecule has 0 bridgehead atoms. The Balaban J connectivity index is 2.53. The maximum absolute atomic E-state index is 12.7. The highest BCUT2D eigenvalue weighted by atomic mass is 16.5. The molecule has 1 aromatic rings. The third-order valence-corrected chi connectivity index (χ3v) is 4.52. The van der Waals surface area contributed by atoms with Gasteiger partial charge in [0.05, 0.1) is 19.7 Å². The molecule has 1 atom stereocenters. The maximum atomic E-state index is 12.7. The summed E-state index contributed by atoms with van der Waals surface area (Å²) in [6.07, 6.45) is 1.30.